The van der Waals surface area contributed by atoms with E-state index in [2.05, 4.69) is 31.0 Å². The predicted octanol–water partition coefficient (Wildman–Crippen LogP) is 2.12. The summed E-state index contributed by atoms with van der Waals surface area (Å²) >= 11 is 0. The monoisotopic (exact) mass is 242 g/mol. The van der Waals surface area contributed by atoms with Crippen molar-refractivity contribution in [3.63, 3.8) is 0 Å². The number of hydrogen-bond donors (Lipinski definition) is 1. The topological polar surface area (TPSA) is 24.5 Å². The summed E-state index contributed by atoms with van der Waals surface area (Å²) in [5.74, 6) is 0. The highest BCUT2D eigenvalue weighted by Gasteiger charge is 2.32. The van der Waals surface area contributed by atoms with Gasteiger partial charge in [-0.05, 0) is 44.7 Å². The molecule has 0 spiro atoms. The summed E-state index contributed by atoms with van der Waals surface area (Å²) < 4.78 is 5.28. The number of rotatable bonds is 7. The molecule has 1 fully saturated rings. The minimum absolute atomic E-state index is 0.482. The molecular formula is C14H30N2O. The van der Waals surface area contributed by atoms with Crippen LogP contribution in [-0.4, -0.2) is 50.8 Å². The van der Waals surface area contributed by atoms with E-state index in [4.69, 9.17) is 4.74 Å². The Morgan fingerprint density at radius 1 is 1.41 bits per heavy atom. The van der Waals surface area contributed by atoms with Gasteiger partial charge in [0.1, 0.15) is 0 Å². The lowest BCUT2D eigenvalue weighted by atomic mass is 9.77. The fourth-order valence-electron chi connectivity index (χ4n) is 2.94. The largest absolute Gasteiger partial charge is 0.383 e. The summed E-state index contributed by atoms with van der Waals surface area (Å²) in [6.45, 7) is 12.4. The Labute approximate surface area is 107 Å². The Morgan fingerprint density at radius 3 is 2.65 bits per heavy atom. The van der Waals surface area contributed by atoms with Gasteiger partial charge in [0.25, 0.3) is 0 Å². The van der Waals surface area contributed by atoms with Gasteiger partial charge in [0.05, 0.1) is 6.61 Å². The molecule has 0 radical (unpaired) electrons. The van der Waals surface area contributed by atoms with Crippen LogP contribution in [0.1, 0.15) is 40.0 Å². The second-order valence-electron chi connectivity index (χ2n) is 5.50. The van der Waals surface area contributed by atoms with Gasteiger partial charge in [-0.2, -0.15) is 0 Å². The van der Waals surface area contributed by atoms with Crippen molar-refractivity contribution in [3.05, 3.63) is 0 Å². The van der Waals surface area contributed by atoms with Crippen LogP contribution >= 0.6 is 0 Å². The minimum Gasteiger partial charge on any atom is -0.383 e. The number of ether oxygens (including phenoxy) is 1. The molecule has 2 unspecified atom stereocenters. The predicted molar refractivity (Wildman–Crippen MR) is 73.4 cm³/mol. The highest BCUT2D eigenvalue weighted by Crippen LogP contribution is 2.31. The summed E-state index contributed by atoms with van der Waals surface area (Å²) in [5.41, 5.74) is 0.482. The van der Waals surface area contributed by atoms with Crippen LogP contribution in [0.25, 0.3) is 0 Å². The maximum atomic E-state index is 5.28. The molecule has 0 aromatic rings. The molecule has 17 heavy (non-hydrogen) atoms. The van der Waals surface area contributed by atoms with E-state index in [-0.39, 0.29) is 0 Å². The Bertz CT molecular complexity index is 202. The summed E-state index contributed by atoms with van der Waals surface area (Å²) in [6.07, 6.45) is 3.97. The van der Waals surface area contributed by atoms with E-state index in [1.165, 1.54) is 38.9 Å². The standard InChI is InChI=1S/C14H30N2O/c1-5-14(8-7-9-15-11-14)12-16(6-2)13(3)10-17-4/h13,15H,5-12H2,1-4H3. The van der Waals surface area contributed by atoms with E-state index < -0.39 is 0 Å². The number of nitrogens with one attached hydrogen (secondary N) is 1. The first kappa shape index (κ1) is 14.9. The van der Waals surface area contributed by atoms with E-state index >= 15 is 0 Å². The third-order valence-electron chi connectivity index (χ3n) is 4.29. The van der Waals surface area contributed by atoms with Crippen LogP contribution in [0, 0.1) is 5.41 Å². The SMILES string of the molecule is CCN(CC1(CC)CCCNC1)C(C)COC. The van der Waals surface area contributed by atoms with Crippen molar-refractivity contribution in [2.75, 3.05) is 39.9 Å². The molecule has 102 valence electrons. The third kappa shape index (κ3) is 4.23. The number of nitrogens with zero attached hydrogens (tertiary/aromatic N) is 1. The summed E-state index contributed by atoms with van der Waals surface area (Å²) in [4.78, 5) is 2.57. The van der Waals surface area contributed by atoms with Crippen LogP contribution in [0.5, 0.6) is 0 Å². The van der Waals surface area contributed by atoms with Gasteiger partial charge in [0.2, 0.25) is 0 Å². The summed E-state index contributed by atoms with van der Waals surface area (Å²) in [7, 11) is 1.79. The fraction of sp³-hybridized carbons (Fsp3) is 1.00. The number of likely N-dealkylation sites (N-methyl/N-ethyl adjacent to an activating group) is 1. The quantitative estimate of drug-likeness (QED) is 0.740. The fourth-order valence-corrected chi connectivity index (χ4v) is 2.94. The van der Waals surface area contributed by atoms with Crippen LogP contribution < -0.4 is 5.32 Å². The first-order valence-electron chi connectivity index (χ1n) is 7.11. The molecule has 3 nitrogen and oxygen atoms in total. The lowest BCUT2D eigenvalue weighted by Crippen LogP contribution is -2.50. The molecule has 3 heteroatoms. The van der Waals surface area contributed by atoms with Gasteiger partial charge in [-0.1, -0.05) is 13.8 Å². The number of hydrogen-bond acceptors (Lipinski definition) is 3. The molecule has 1 rings (SSSR count). The van der Waals surface area contributed by atoms with E-state index in [1.54, 1.807) is 7.11 Å². The lowest BCUT2D eigenvalue weighted by molar-refractivity contribution is 0.0525. The Balaban J connectivity index is 2.57. The van der Waals surface area contributed by atoms with Gasteiger partial charge in [0, 0.05) is 26.2 Å². The minimum atomic E-state index is 0.482. The normalized spacial score (nSPS) is 27.4. The van der Waals surface area contributed by atoms with Crippen molar-refractivity contribution in [1.82, 2.24) is 10.2 Å². The van der Waals surface area contributed by atoms with Gasteiger partial charge in [0.15, 0.2) is 0 Å². The smallest absolute Gasteiger partial charge is 0.0615 e. The van der Waals surface area contributed by atoms with Crippen LogP contribution in [0.2, 0.25) is 0 Å². The van der Waals surface area contributed by atoms with Gasteiger partial charge in [-0.3, -0.25) is 4.90 Å². The van der Waals surface area contributed by atoms with Crippen molar-refractivity contribution in [2.45, 2.75) is 46.1 Å². The highest BCUT2D eigenvalue weighted by atomic mass is 16.5. The molecule has 0 saturated carbocycles. The third-order valence-corrected chi connectivity index (χ3v) is 4.29. The van der Waals surface area contributed by atoms with E-state index in [0.717, 1.165) is 13.2 Å². The zero-order valence-corrected chi connectivity index (χ0v) is 12.1. The molecule has 1 heterocycles. The van der Waals surface area contributed by atoms with Crippen LogP contribution in [-0.2, 0) is 4.74 Å². The molecule has 2 atom stereocenters. The maximum absolute atomic E-state index is 5.28. The first-order valence-corrected chi connectivity index (χ1v) is 7.11. The van der Waals surface area contributed by atoms with E-state index in [1.807, 2.05) is 0 Å². The molecule has 0 bridgehead atoms. The molecule has 1 N–H and O–H groups in total. The average Bonchev–Trinajstić information content (AvgIpc) is 2.37. The molecule has 0 aliphatic carbocycles. The summed E-state index contributed by atoms with van der Waals surface area (Å²) in [5, 5.41) is 3.57. The maximum Gasteiger partial charge on any atom is 0.0615 e. The second-order valence-corrected chi connectivity index (χ2v) is 5.50. The van der Waals surface area contributed by atoms with Gasteiger partial charge in [-0.25, -0.2) is 0 Å². The molecule has 1 aliphatic heterocycles. The number of methoxy groups -OCH3 is 1. The zero-order valence-electron chi connectivity index (χ0n) is 12.1. The zero-order chi connectivity index (χ0) is 12.7. The van der Waals surface area contributed by atoms with Crippen molar-refractivity contribution < 1.29 is 4.74 Å². The Kier molecular flexibility index (Phi) is 6.45. The second kappa shape index (κ2) is 7.34. The Morgan fingerprint density at radius 2 is 2.18 bits per heavy atom. The Hall–Kier alpha value is -0.120. The lowest BCUT2D eigenvalue weighted by Gasteiger charge is -2.42. The molecule has 0 amide bonds. The van der Waals surface area contributed by atoms with E-state index in [9.17, 15) is 0 Å². The van der Waals surface area contributed by atoms with Gasteiger partial charge < -0.3 is 10.1 Å². The van der Waals surface area contributed by atoms with Gasteiger partial charge in [-0.15, -0.1) is 0 Å². The molecule has 1 aliphatic rings. The summed E-state index contributed by atoms with van der Waals surface area (Å²) in [6, 6.07) is 0.523. The van der Waals surface area contributed by atoms with Gasteiger partial charge >= 0.3 is 0 Å². The van der Waals surface area contributed by atoms with Crippen molar-refractivity contribution >= 4 is 0 Å². The molecule has 0 aromatic carbocycles. The number of piperidine rings is 1. The van der Waals surface area contributed by atoms with Crippen LogP contribution in [0.15, 0.2) is 0 Å². The van der Waals surface area contributed by atoms with Crippen LogP contribution in [0.3, 0.4) is 0 Å². The highest BCUT2D eigenvalue weighted by molar-refractivity contribution is 4.88. The van der Waals surface area contributed by atoms with Crippen molar-refractivity contribution in [1.29, 1.82) is 0 Å². The van der Waals surface area contributed by atoms with Crippen molar-refractivity contribution in [2.24, 2.45) is 5.41 Å². The van der Waals surface area contributed by atoms with Crippen molar-refractivity contribution in [3.8, 4) is 0 Å². The average molecular weight is 242 g/mol. The molecule has 0 aromatic heterocycles. The molecule has 1 saturated heterocycles. The van der Waals surface area contributed by atoms with Crippen LogP contribution in [0.4, 0.5) is 0 Å². The molecular weight excluding hydrogens is 212 g/mol. The first-order chi connectivity index (χ1) is 8.17. The van der Waals surface area contributed by atoms with E-state index in [0.29, 0.717) is 11.5 Å².